The van der Waals surface area contributed by atoms with Crippen molar-refractivity contribution < 1.29 is 24.5 Å². The SMILES string of the molecule is CCCCC/C=C\C/C=C\CCCCCCCCCC(=O)OCCCCCCCCCCCCCC/C=C\CCCCCCCCCCCC(=O)NC(CO)C(O)CCCCCCCCCCCC. The van der Waals surface area contributed by atoms with Gasteiger partial charge in [-0.1, -0.05) is 269 Å². The quantitative estimate of drug-likeness (QED) is 0.0321. The second-order valence-corrected chi connectivity index (χ2v) is 21.0. The molecule has 0 aliphatic carbocycles. The highest BCUT2D eigenvalue weighted by Gasteiger charge is 2.20. The number of aliphatic hydroxyl groups is 2. The number of hydrogen-bond donors (Lipinski definition) is 3. The highest BCUT2D eigenvalue weighted by atomic mass is 16.5. The molecule has 0 rings (SSSR count). The molecule has 0 bridgehead atoms. The maximum atomic E-state index is 12.4. The van der Waals surface area contributed by atoms with Gasteiger partial charge in [0.05, 0.1) is 25.4 Å². The first-order valence-corrected chi connectivity index (χ1v) is 30.7. The molecule has 69 heavy (non-hydrogen) atoms. The second kappa shape index (κ2) is 58.6. The van der Waals surface area contributed by atoms with Crippen molar-refractivity contribution in [1.29, 1.82) is 0 Å². The van der Waals surface area contributed by atoms with Crippen molar-refractivity contribution in [2.75, 3.05) is 13.2 Å². The van der Waals surface area contributed by atoms with E-state index in [1.54, 1.807) is 0 Å². The van der Waals surface area contributed by atoms with E-state index in [2.05, 4.69) is 55.6 Å². The van der Waals surface area contributed by atoms with Gasteiger partial charge in [0.2, 0.25) is 5.91 Å². The summed E-state index contributed by atoms with van der Waals surface area (Å²) in [6.07, 6.45) is 73.0. The minimum atomic E-state index is -0.664. The molecule has 2 unspecified atom stereocenters. The van der Waals surface area contributed by atoms with Gasteiger partial charge in [-0.2, -0.15) is 0 Å². The summed E-state index contributed by atoms with van der Waals surface area (Å²) in [7, 11) is 0. The maximum absolute atomic E-state index is 12.4. The number of carbonyl (C=O) groups excluding carboxylic acids is 2. The molecule has 0 spiro atoms. The third-order valence-corrected chi connectivity index (χ3v) is 14.2. The van der Waals surface area contributed by atoms with Gasteiger partial charge in [0.1, 0.15) is 0 Å². The van der Waals surface area contributed by atoms with Crippen LogP contribution in [0.4, 0.5) is 0 Å². The van der Waals surface area contributed by atoms with Crippen molar-refractivity contribution in [2.24, 2.45) is 0 Å². The number of ether oxygens (including phenoxy) is 1. The number of allylic oxidation sites excluding steroid dienone is 6. The van der Waals surface area contributed by atoms with Gasteiger partial charge in [-0.15, -0.1) is 0 Å². The van der Waals surface area contributed by atoms with Crippen LogP contribution >= 0.6 is 0 Å². The minimum absolute atomic E-state index is 0.00557. The zero-order chi connectivity index (χ0) is 50.0. The van der Waals surface area contributed by atoms with Crippen LogP contribution in [0.5, 0.6) is 0 Å². The summed E-state index contributed by atoms with van der Waals surface area (Å²) < 4.78 is 5.49. The van der Waals surface area contributed by atoms with Gasteiger partial charge in [0, 0.05) is 12.8 Å². The standard InChI is InChI=1S/C63H119NO5/c1-3-5-7-9-11-13-15-16-17-27-31-34-37-41-45-49-53-57-63(68)69-58-54-50-46-42-38-35-32-29-26-24-22-20-18-19-21-23-25-28-30-33-36-40-44-48-52-56-62(67)64-60(59-65)61(66)55-51-47-43-39-14-12-10-8-6-4-2/h11,13,16-17,19,21,60-61,65-66H,3-10,12,14-15,18,20,22-59H2,1-2H3,(H,64,67)/b13-11-,17-16-,21-19-. The molecule has 6 nitrogen and oxygen atoms in total. The molecule has 406 valence electrons. The zero-order valence-electron chi connectivity index (χ0n) is 46.3. The van der Waals surface area contributed by atoms with Crippen LogP contribution in [0.1, 0.15) is 328 Å². The lowest BCUT2D eigenvalue weighted by Crippen LogP contribution is -2.45. The number of esters is 1. The van der Waals surface area contributed by atoms with E-state index in [9.17, 15) is 19.8 Å². The molecule has 0 aliphatic heterocycles. The van der Waals surface area contributed by atoms with Crippen LogP contribution in [0.2, 0.25) is 0 Å². The monoisotopic (exact) mass is 970 g/mol. The Morgan fingerprint density at radius 3 is 1.14 bits per heavy atom. The Morgan fingerprint density at radius 2 is 0.725 bits per heavy atom. The molecule has 3 N–H and O–H groups in total. The van der Waals surface area contributed by atoms with Crippen LogP contribution in [0.25, 0.3) is 0 Å². The molecule has 0 aromatic heterocycles. The molecule has 0 radical (unpaired) electrons. The predicted octanol–water partition coefficient (Wildman–Crippen LogP) is 19.2. The lowest BCUT2D eigenvalue weighted by Gasteiger charge is -2.22. The van der Waals surface area contributed by atoms with Crippen molar-refractivity contribution in [3.8, 4) is 0 Å². The molecule has 2 atom stereocenters. The lowest BCUT2D eigenvalue weighted by molar-refractivity contribution is -0.143. The first-order chi connectivity index (χ1) is 34.0. The second-order valence-electron chi connectivity index (χ2n) is 21.0. The Balaban J connectivity index is 3.37. The molecular weight excluding hydrogens is 851 g/mol. The van der Waals surface area contributed by atoms with Crippen molar-refractivity contribution >= 4 is 11.9 Å². The molecule has 0 saturated carbocycles. The average Bonchev–Trinajstić information content (AvgIpc) is 3.35. The number of aliphatic hydroxyl groups excluding tert-OH is 2. The molecule has 1 amide bonds. The molecule has 6 heteroatoms. The Labute approximate surface area is 430 Å². The maximum Gasteiger partial charge on any atom is 0.305 e. The van der Waals surface area contributed by atoms with E-state index in [1.807, 2.05) is 0 Å². The summed E-state index contributed by atoms with van der Waals surface area (Å²) in [6, 6.07) is -0.542. The first-order valence-electron chi connectivity index (χ1n) is 30.7. The van der Waals surface area contributed by atoms with Gasteiger partial charge in [-0.3, -0.25) is 9.59 Å². The predicted molar refractivity (Wildman–Crippen MR) is 301 cm³/mol. The molecule has 0 aliphatic rings. The van der Waals surface area contributed by atoms with Crippen LogP contribution in [-0.2, 0) is 14.3 Å². The van der Waals surface area contributed by atoms with E-state index >= 15 is 0 Å². The van der Waals surface area contributed by atoms with Crippen molar-refractivity contribution in [1.82, 2.24) is 5.32 Å². The number of rotatable bonds is 57. The molecule has 0 aromatic carbocycles. The number of amides is 1. The fourth-order valence-electron chi connectivity index (χ4n) is 9.43. The molecule has 0 fully saturated rings. The van der Waals surface area contributed by atoms with Gasteiger partial charge in [-0.25, -0.2) is 0 Å². The first kappa shape index (κ1) is 67.1. The summed E-state index contributed by atoms with van der Waals surface area (Å²) >= 11 is 0. The van der Waals surface area contributed by atoms with Crippen molar-refractivity contribution in [3.63, 3.8) is 0 Å². The van der Waals surface area contributed by atoms with E-state index in [1.165, 1.54) is 244 Å². The van der Waals surface area contributed by atoms with Crippen LogP contribution in [0, 0.1) is 0 Å². The molecule has 0 saturated heterocycles. The van der Waals surface area contributed by atoms with E-state index in [4.69, 9.17) is 4.74 Å². The van der Waals surface area contributed by atoms with E-state index in [-0.39, 0.29) is 18.5 Å². The Hall–Kier alpha value is -1.92. The normalized spacial score (nSPS) is 12.8. The third kappa shape index (κ3) is 55.2. The summed E-state index contributed by atoms with van der Waals surface area (Å²) in [6.45, 7) is 4.92. The molecular formula is C63H119NO5. The zero-order valence-corrected chi connectivity index (χ0v) is 46.3. The van der Waals surface area contributed by atoms with Crippen molar-refractivity contribution in [3.05, 3.63) is 36.5 Å². The Bertz CT molecular complexity index is 1120. The minimum Gasteiger partial charge on any atom is -0.466 e. The summed E-state index contributed by atoms with van der Waals surface area (Å²) in [5.74, 6) is -0.0338. The highest BCUT2D eigenvalue weighted by molar-refractivity contribution is 5.76. The van der Waals surface area contributed by atoms with Crippen LogP contribution in [0.3, 0.4) is 0 Å². The van der Waals surface area contributed by atoms with Crippen LogP contribution in [0.15, 0.2) is 36.5 Å². The van der Waals surface area contributed by atoms with Gasteiger partial charge in [0.25, 0.3) is 0 Å². The topological polar surface area (TPSA) is 95.9 Å². The Morgan fingerprint density at radius 1 is 0.406 bits per heavy atom. The summed E-state index contributed by atoms with van der Waals surface area (Å²) in [4.78, 5) is 24.5. The van der Waals surface area contributed by atoms with Gasteiger partial charge >= 0.3 is 5.97 Å². The van der Waals surface area contributed by atoms with Gasteiger partial charge in [-0.05, 0) is 83.5 Å². The third-order valence-electron chi connectivity index (χ3n) is 14.2. The van der Waals surface area contributed by atoms with Crippen LogP contribution in [-0.4, -0.2) is 47.4 Å². The van der Waals surface area contributed by atoms with Gasteiger partial charge in [0.15, 0.2) is 0 Å². The van der Waals surface area contributed by atoms with E-state index in [0.717, 1.165) is 51.4 Å². The van der Waals surface area contributed by atoms with E-state index in [0.29, 0.717) is 25.9 Å². The smallest absolute Gasteiger partial charge is 0.305 e. The number of carbonyl (C=O) groups is 2. The largest absolute Gasteiger partial charge is 0.466 e. The van der Waals surface area contributed by atoms with Gasteiger partial charge < -0.3 is 20.3 Å². The lowest BCUT2D eigenvalue weighted by atomic mass is 10.0. The molecule has 0 aromatic rings. The average molecular weight is 971 g/mol. The fraction of sp³-hybridized carbons (Fsp3) is 0.873. The van der Waals surface area contributed by atoms with E-state index < -0.39 is 12.1 Å². The molecule has 0 heterocycles. The van der Waals surface area contributed by atoms with Crippen LogP contribution < -0.4 is 5.32 Å². The summed E-state index contributed by atoms with van der Waals surface area (Å²) in [5, 5.41) is 23.1. The number of unbranched alkanes of at least 4 members (excludes halogenated alkanes) is 40. The van der Waals surface area contributed by atoms with Crippen molar-refractivity contribution in [2.45, 2.75) is 341 Å². The Kier molecular flexibility index (Phi) is 57.0. The number of nitrogens with one attached hydrogen (secondary N) is 1. The highest BCUT2D eigenvalue weighted by Crippen LogP contribution is 2.17. The fourth-order valence-corrected chi connectivity index (χ4v) is 9.43. The summed E-state index contributed by atoms with van der Waals surface area (Å²) in [5.41, 5.74) is 0. The number of hydrogen-bond acceptors (Lipinski definition) is 5.